The molecule has 4 aromatic rings. The van der Waals surface area contributed by atoms with Crippen LogP contribution in [0, 0.1) is 0 Å². The molecule has 150 valence electrons. The van der Waals surface area contributed by atoms with Crippen LogP contribution in [0.4, 0.5) is 14.6 Å². The Balaban J connectivity index is 1.71. The van der Waals surface area contributed by atoms with E-state index in [0.29, 0.717) is 35.1 Å². The average molecular weight is 406 g/mol. The smallest absolute Gasteiger partial charge is 0.394 e. The summed E-state index contributed by atoms with van der Waals surface area (Å²) < 4.78 is 31.0. The maximum Gasteiger partial charge on any atom is 0.394 e. The number of hydrogen-bond acceptors (Lipinski definition) is 5. The molecule has 0 radical (unpaired) electrons. The average Bonchev–Trinajstić information content (AvgIpc) is 2.72. The number of halogens is 2. The van der Waals surface area contributed by atoms with E-state index < -0.39 is 6.11 Å². The zero-order valence-corrected chi connectivity index (χ0v) is 15.8. The van der Waals surface area contributed by atoms with Crippen molar-refractivity contribution in [3.63, 3.8) is 0 Å². The largest absolute Gasteiger partial charge is 0.433 e. The summed E-state index contributed by atoms with van der Waals surface area (Å²) in [5.41, 5.74) is 1.94. The lowest BCUT2D eigenvalue weighted by molar-refractivity contribution is -0.158. The molecule has 0 fully saturated rings. The summed E-state index contributed by atoms with van der Waals surface area (Å²) in [6.45, 7) is 0.677. The molecule has 1 N–H and O–H groups in total. The second kappa shape index (κ2) is 7.82. The zero-order chi connectivity index (χ0) is 21.1. The molecule has 0 saturated carbocycles. The highest BCUT2D eigenvalue weighted by Gasteiger charge is 2.23. The number of anilines is 1. The molecule has 0 bridgehead atoms. The Morgan fingerprint density at radius 1 is 1.07 bits per heavy atom. The molecule has 2 aromatic carbocycles. The first-order valence-corrected chi connectivity index (χ1v) is 9.03. The van der Waals surface area contributed by atoms with Gasteiger partial charge in [0.25, 0.3) is 5.91 Å². The molecule has 0 aliphatic rings. The van der Waals surface area contributed by atoms with E-state index in [1.165, 1.54) is 30.7 Å². The van der Waals surface area contributed by atoms with Crippen LogP contribution in [0.1, 0.15) is 17.3 Å². The van der Waals surface area contributed by atoms with Gasteiger partial charge >= 0.3 is 6.11 Å². The Labute approximate surface area is 170 Å². The van der Waals surface area contributed by atoms with Gasteiger partial charge in [-0.1, -0.05) is 30.3 Å². The monoisotopic (exact) mass is 406 g/mol. The van der Waals surface area contributed by atoms with Crippen molar-refractivity contribution in [1.82, 2.24) is 15.0 Å². The number of carbonyl (C=O) groups excluding carboxylic acids is 1. The first-order valence-electron chi connectivity index (χ1n) is 9.03. The topological polar surface area (TPSA) is 77.0 Å². The van der Waals surface area contributed by atoms with E-state index in [0.717, 1.165) is 5.39 Å². The predicted molar refractivity (Wildman–Crippen MR) is 108 cm³/mol. The van der Waals surface area contributed by atoms with E-state index in [1.807, 2.05) is 12.1 Å². The lowest BCUT2D eigenvalue weighted by atomic mass is 10.1. The van der Waals surface area contributed by atoms with E-state index in [2.05, 4.69) is 25.0 Å². The number of para-hydroxylation sites is 1. The second-order valence-corrected chi connectivity index (χ2v) is 6.56. The number of fused-ring (bicyclic) bond motifs is 1. The van der Waals surface area contributed by atoms with Crippen molar-refractivity contribution < 1.29 is 18.3 Å². The molecule has 6 nitrogen and oxygen atoms in total. The molecule has 0 atom stereocenters. The van der Waals surface area contributed by atoms with Crippen LogP contribution >= 0.6 is 0 Å². The van der Waals surface area contributed by atoms with Gasteiger partial charge in [-0.3, -0.25) is 9.78 Å². The van der Waals surface area contributed by atoms with Crippen LogP contribution in [0.5, 0.6) is 5.75 Å². The number of nitrogens with one attached hydrogen (secondary N) is 1. The van der Waals surface area contributed by atoms with Crippen molar-refractivity contribution in [2.24, 2.45) is 0 Å². The van der Waals surface area contributed by atoms with E-state index >= 15 is 0 Å². The Hall–Kier alpha value is -3.94. The number of benzene rings is 2. The van der Waals surface area contributed by atoms with Gasteiger partial charge in [0.05, 0.1) is 23.0 Å². The van der Waals surface area contributed by atoms with Crippen LogP contribution in [-0.4, -0.2) is 27.0 Å². The lowest BCUT2D eigenvalue weighted by Crippen LogP contribution is -2.19. The quantitative estimate of drug-likeness (QED) is 0.508. The second-order valence-electron chi connectivity index (χ2n) is 6.56. The fourth-order valence-corrected chi connectivity index (χ4v) is 2.96. The number of ether oxygens (including phenoxy) is 1. The van der Waals surface area contributed by atoms with Crippen molar-refractivity contribution >= 4 is 22.6 Å². The summed E-state index contributed by atoms with van der Waals surface area (Å²) in [5, 5.41) is 3.45. The van der Waals surface area contributed by atoms with Crippen LogP contribution < -0.4 is 10.1 Å². The van der Waals surface area contributed by atoms with Gasteiger partial charge in [-0.25, -0.2) is 9.97 Å². The molecule has 0 spiro atoms. The minimum absolute atomic E-state index is 0.0237. The van der Waals surface area contributed by atoms with Crippen molar-refractivity contribution in [2.75, 3.05) is 5.32 Å². The molecule has 0 aliphatic heterocycles. The summed E-state index contributed by atoms with van der Waals surface area (Å²) in [6.07, 6.45) is 1.13. The minimum Gasteiger partial charge on any atom is -0.433 e. The van der Waals surface area contributed by atoms with Crippen molar-refractivity contribution in [3.8, 4) is 17.0 Å². The number of pyridine rings is 1. The number of rotatable bonds is 5. The van der Waals surface area contributed by atoms with Crippen molar-refractivity contribution in [3.05, 3.63) is 78.8 Å². The van der Waals surface area contributed by atoms with Gasteiger partial charge in [0.2, 0.25) is 0 Å². The highest BCUT2D eigenvalue weighted by atomic mass is 19.3. The van der Waals surface area contributed by atoms with Crippen molar-refractivity contribution in [2.45, 2.75) is 13.0 Å². The zero-order valence-electron chi connectivity index (χ0n) is 15.8. The maximum atomic E-state index is 13.2. The van der Waals surface area contributed by atoms with E-state index in [9.17, 15) is 13.6 Å². The molecule has 8 heteroatoms. The molecule has 2 aromatic heterocycles. The molecule has 0 unspecified atom stereocenters. The molecule has 0 saturated heterocycles. The maximum absolute atomic E-state index is 13.2. The minimum atomic E-state index is -3.29. The Morgan fingerprint density at radius 2 is 1.90 bits per heavy atom. The van der Waals surface area contributed by atoms with Crippen LogP contribution in [0.2, 0.25) is 0 Å². The molecule has 0 aliphatic carbocycles. The summed E-state index contributed by atoms with van der Waals surface area (Å²) >= 11 is 0. The third-order valence-corrected chi connectivity index (χ3v) is 4.20. The summed E-state index contributed by atoms with van der Waals surface area (Å²) in [4.78, 5) is 25.3. The number of hydrogen-bond donors (Lipinski definition) is 1. The van der Waals surface area contributed by atoms with E-state index in [1.54, 1.807) is 30.3 Å². The number of carbonyl (C=O) groups is 1. The SMILES string of the molecule is CC(F)(F)Oc1cccc(-c2ccc3cccc(C(=O)Nc4cnccn4)c3n2)c1. The van der Waals surface area contributed by atoms with Crippen LogP contribution in [0.3, 0.4) is 0 Å². The highest BCUT2D eigenvalue weighted by Crippen LogP contribution is 2.28. The number of aromatic nitrogens is 3. The van der Waals surface area contributed by atoms with Gasteiger partial charge in [-0.05, 0) is 24.3 Å². The van der Waals surface area contributed by atoms with Gasteiger partial charge in [0, 0.05) is 30.3 Å². The molecule has 1 amide bonds. The Bertz CT molecular complexity index is 1210. The van der Waals surface area contributed by atoms with E-state index in [-0.39, 0.29) is 11.7 Å². The first-order chi connectivity index (χ1) is 14.4. The predicted octanol–water partition coefficient (Wildman–Crippen LogP) is 4.94. The highest BCUT2D eigenvalue weighted by molar-refractivity contribution is 6.11. The molecular weight excluding hydrogens is 390 g/mol. The molecule has 4 rings (SSSR count). The third-order valence-electron chi connectivity index (χ3n) is 4.20. The fraction of sp³-hybridized carbons (Fsp3) is 0.0909. The summed E-state index contributed by atoms with van der Waals surface area (Å²) in [6, 6.07) is 15.1. The van der Waals surface area contributed by atoms with Gasteiger partial charge in [-0.15, -0.1) is 0 Å². The normalized spacial score (nSPS) is 11.3. The summed E-state index contributed by atoms with van der Waals surface area (Å²) in [7, 11) is 0. The van der Waals surface area contributed by atoms with Crippen LogP contribution in [0.25, 0.3) is 22.2 Å². The van der Waals surface area contributed by atoms with Crippen molar-refractivity contribution in [1.29, 1.82) is 0 Å². The van der Waals surface area contributed by atoms with Gasteiger partial charge in [-0.2, -0.15) is 8.78 Å². The lowest BCUT2D eigenvalue weighted by Gasteiger charge is -2.14. The molecular formula is C22H16F2N4O2. The fourth-order valence-electron chi connectivity index (χ4n) is 2.96. The Morgan fingerprint density at radius 3 is 2.67 bits per heavy atom. The standard InChI is InChI=1S/C22H16F2N4O2/c1-22(23,24)30-16-6-2-5-15(12-16)18-9-8-14-4-3-7-17(20(14)27-18)21(29)28-19-13-25-10-11-26-19/h2-13H,1H3,(H,26,28,29). The van der Waals surface area contributed by atoms with Gasteiger partial charge in [0.15, 0.2) is 5.82 Å². The Kier molecular flexibility index (Phi) is 5.05. The van der Waals surface area contributed by atoms with Crippen LogP contribution in [-0.2, 0) is 0 Å². The van der Waals surface area contributed by atoms with Gasteiger partial charge < -0.3 is 10.1 Å². The number of amides is 1. The van der Waals surface area contributed by atoms with E-state index in [4.69, 9.17) is 0 Å². The molecule has 30 heavy (non-hydrogen) atoms. The summed E-state index contributed by atoms with van der Waals surface area (Å²) in [5.74, 6) is -0.0370. The first kappa shape index (κ1) is 19.4. The van der Waals surface area contributed by atoms with Crippen LogP contribution in [0.15, 0.2) is 73.2 Å². The number of nitrogens with zero attached hydrogens (tertiary/aromatic N) is 3. The number of alkyl halides is 2. The third kappa shape index (κ3) is 4.38. The molecule has 2 heterocycles. The van der Waals surface area contributed by atoms with Gasteiger partial charge in [0.1, 0.15) is 5.75 Å².